The number of aliphatic imine (C=N–C) groups is 1. The summed E-state index contributed by atoms with van der Waals surface area (Å²) in [6, 6.07) is 16.4. The van der Waals surface area contributed by atoms with Crippen molar-refractivity contribution in [3.63, 3.8) is 0 Å². The maximum atomic E-state index is 13.3. The Morgan fingerprint density at radius 3 is 2.42 bits per heavy atom. The van der Waals surface area contributed by atoms with Crippen LogP contribution in [0.25, 0.3) is 27.4 Å². The zero-order valence-corrected chi connectivity index (χ0v) is 36.1. The number of aromatic nitrogens is 6. The second kappa shape index (κ2) is 17.0. The van der Waals surface area contributed by atoms with Gasteiger partial charge in [0.2, 0.25) is 11.8 Å². The van der Waals surface area contributed by atoms with E-state index in [1.165, 1.54) is 0 Å². The molecule has 60 heavy (non-hydrogen) atoms. The number of thiophene rings is 1. The van der Waals surface area contributed by atoms with Gasteiger partial charge in [0, 0.05) is 39.6 Å². The molecule has 2 aromatic carbocycles. The van der Waals surface area contributed by atoms with Crippen molar-refractivity contribution in [2.75, 3.05) is 19.7 Å². The fourth-order valence-corrected chi connectivity index (χ4v) is 9.00. The van der Waals surface area contributed by atoms with E-state index in [-0.39, 0.29) is 56.4 Å². The Balaban J connectivity index is 0.807. The summed E-state index contributed by atoms with van der Waals surface area (Å²) in [4.78, 5) is 44.6. The van der Waals surface area contributed by atoms with E-state index in [1.54, 1.807) is 17.4 Å². The molecule has 17 heteroatoms. The number of nitrogens with one attached hydrogen (secondary N) is 3. The first-order valence-corrected chi connectivity index (χ1v) is 21.4. The van der Waals surface area contributed by atoms with E-state index in [9.17, 15) is 14.7 Å². The van der Waals surface area contributed by atoms with Gasteiger partial charge in [-0.2, -0.15) is 4.98 Å². The Morgan fingerprint density at radius 2 is 1.68 bits per heavy atom. The van der Waals surface area contributed by atoms with Crippen LogP contribution in [-0.4, -0.2) is 83.8 Å². The first kappa shape index (κ1) is 41.4. The van der Waals surface area contributed by atoms with Gasteiger partial charge in [-0.1, -0.05) is 35.3 Å². The molecule has 0 bridgehead atoms. The van der Waals surface area contributed by atoms with Crippen LogP contribution in [0.5, 0.6) is 11.8 Å². The van der Waals surface area contributed by atoms with Crippen molar-refractivity contribution in [3.05, 3.63) is 97.9 Å². The van der Waals surface area contributed by atoms with Crippen LogP contribution in [0.4, 0.5) is 0 Å². The maximum Gasteiger partial charge on any atom is 0.296 e. The Hall–Kier alpha value is -5.35. The Labute approximate surface area is 360 Å². The van der Waals surface area contributed by atoms with Crippen LogP contribution < -0.4 is 20.1 Å². The normalized spacial score (nSPS) is 17.3. The van der Waals surface area contributed by atoms with Gasteiger partial charge in [-0.25, -0.2) is 4.98 Å². The molecule has 0 unspecified atom stereocenters. The van der Waals surface area contributed by atoms with Crippen molar-refractivity contribution in [1.29, 1.82) is 0 Å². The summed E-state index contributed by atoms with van der Waals surface area (Å²) in [5, 5.41) is 26.8. The predicted octanol–water partition coefficient (Wildman–Crippen LogP) is 7.41. The molecule has 1 fully saturated rings. The van der Waals surface area contributed by atoms with Crippen molar-refractivity contribution >= 4 is 63.2 Å². The average Bonchev–Trinajstić information content (AvgIpc) is 3.83. The summed E-state index contributed by atoms with van der Waals surface area (Å²) in [7, 11) is 0. The van der Waals surface area contributed by atoms with Crippen LogP contribution >= 0.6 is 34.5 Å². The SMILES string of the molecule is Cc1sc2c(c1C)C(c1ccc(Cl)cc1)=N[C@@H](CC(=O)NCCC(=O)NCCOc1ccc(-c3nc4nc(OC5CC(C(C)(C)O)C5)[nH]c4cc3Cl)cc1)c1nnc(C)n1-2. The highest BCUT2D eigenvalue weighted by Gasteiger charge is 2.40. The number of rotatable bonds is 14. The third-order valence-corrected chi connectivity index (χ3v) is 12.7. The minimum absolute atomic E-state index is 0.0134. The lowest BCUT2D eigenvalue weighted by Gasteiger charge is -2.41. The highest BCUT2D eigenvalue weighted by atomic mass is 35.5. The number of ether oxygens (including phenoxy) is 2. The molecule has 14 nitrogen and oxygen atoms in total. The molecular formula is C43H45Cl2N9O5S. The van der Waals surface area contributed by atoms with E-state index < -0.39 is 11.6 Å². The van der Waals surface area contributed by atoms with Crippen molar-refractivity contribution in [2.45, 2.75) is 78.0 Å². The quantitative estimate of drug-likeness (QED) is 0.0811. The average molecular weight is 871 g/mol. The van der Waals surface area contributed by atoms with Gasteiger partial charge < -0.3 is 30.2 Å². The number of hydrogen-bond acceptors (Lipinski definition) is 11. The zero-order chi connectivity index (χ0) is 42.3. The largest absolute Gasteiger partial charge is 0.492 e. The summed E-state index contributed by atoms with van der Waals surface area (Å²) < 4.78 is 13.8. The van der Waals surface area contributed by atoms with Crippen LogP contribution in [0.2, 0.25) is 10.0 Å². The van der Waals surface area contributed by atoms with E-state index in [0.29, 0.717) is 50.3 Å². The molecule has 1 aliphatic heterocycles. The molecule has 1 saturated carbocycles. The number of aromatic amines is 1. The molecule has 1 aliphatic carbocycles. The number of halogens is 2. The van der Waals surface area contributed by atoms with E-state index in [2.05, 4.69) is 49.6 Å². The lowest BCUT2D eigenvalue weighted by Crippen LogP contribution is -2.45. The number of aliphatic hydroxyl groups is 1. The summed E-state index contributed by atoms with van der Waals surface area (Å²) >= 11 is 14.5. The molecule has 2 aliphatic rings. The van der Waals surface area contributed by atoms with E-state index in [1.807, 2.05) is 73.9 Å². The molecular weight excluding hydrogens is 826 g/mol. The van der Waals surface area contributed by atoms with Crippen LogP contribution in [0, 0.1) is 26.7 Å². The van der Waals surface area contributed by atoms with Crippen molar-refractivity contribution in [3.8, 4) is 28.0 Å². The number of fused-ring (bicyclic) bond motifs is 4. The standard InChI is InChI=1S/C43H45Cl2N9O5S/c1-22-23(2)60-41-36(22)38(26-6-10-28(44)11-7-26)48-33(40-53-52-24(3)54(40)41)21-35(56)46-15-14-34(55)47-16-17-58-29-12-8-25(9-13-29)37-31(45)20-32-39(50-37)51-42(49-32)59-30-18-27(19-30)43(4,5)57/h6-13,20,27,30,33,57H,14-19,21H2,1-5H3,(H,46,56)(H,47,55)(H,49,50,51)/t27?,30?,33-/m0/s1. The minimum atomic E-state index is -0.726. The molecule has 2 amide bonds. The van der Waals surface area contributed by atoms with E-state index in [0.717, 1.165) is 50.7 Å². The van der Waals surface area contributed by atoms with Gasteiger partial charge in [-0.05, 0) is 101 Å². The number of amides is 2. The molecule has 4 aromatic heterocycles. The van der Waals surface area contributed by atoms with E-state index >= 15 is 0 Å². The minimum Gasteiger partial charge on any atom is -0.492 e. The second-order valence-corrected chi connectivity index (χ2v) is 17.8. The monoisotopic (exact) mass is 869 g/mol. The summed E-state index contributed by atoms with van der Waals surface area (Å²) in [6.45, 7) is 10.4. The first-order chi connectivity index (χ1) is 28.7. The molecule has 4 N–H and O–H groups in total. The molecule has 1 atom stereocenters. The van der Waals surface area contributed by atoms with Crippen LogP contribution in [0.1, 0.15) is 78.8 Å². The maximum absolute atomic E-state index is 13.3. The number of hydrogen-bond donors (Lipinski definition) is 4. The lowest BCUT2D eigenvalue weighted by molar-refractivity contribution is -0.122. The number of pyridine rings is 1. The number of imidazole rings is 1. The Bertz CT molecular complexity index is 2590. The number of carbonyl (C=O) groups is 2. The zero-order valence-electron chi connectivity index (χ0n) is 33.8. The molecule has 0 spiro atoms. The molecule has 312 valence electrons. The molecule has 6 aromatic rings. The second-order valence-electron chi connectivity index (χ2n) is 15.7. The topological polar surface area (TPSA) is 182 Å². The van der Waals surface area contributed by atoms with Crippen molar-refractivity contribution < 1.29 is 24.2 Å². The highest BCUT2D eigenvalue weighted by molar-refractivity contribution is 7.15. The number of aryl methyl sites for hydroxylation is 2. The predicted molar refractivity (Wildman–Crippen MR) is 232 cm³/mol. The first-order valence-electron chi connectivity index (χ1n) is 19.8. The van der Waals surface area contributed by atoms with Crippen LogP contribution in [0.3, 0.4) is 0 Å². The third kappa shape index (κ3) is 8.76. The molecule has 5 heterocycles. The van der Waals surface area contributed by atoms with Gasteiger partial charge in [0.15, 0.2) is 11.5 Å². The fourth-order valence-electron chi connectivity index (χ4n) is 7.40. The number of carbonyl (C=O) groups excluding carboxylic acids is 2. The van der Waals surface area contributed by atoms with Crippen LogP contribution in [-0.2, 0) is 9.59 Å². The van der Waals surface area contributed by atoms with Crippen LogP contribution in [0.15, 0.2) is 59.6 Å². The Kier molecular flexibility index (Phi) is 11.7. The molecule has 8 rings (SSSR count). The Morgan fingerprint density at radius 1 is 0.967 bits per heavy atom. The van der Waals surface area contributed by atoms with E-state index in [4.69, 9.17) is 37.7 Å². The lowest BCUT2D eigenvalue weighted by atomic mass is 9.72. The third-order valence-electron chi connectivity index (χ3n) is 11.0. The smallest absolute Gasteiger partial charge is 0.296 e. The van der Waals surface area contributed by atoms with Gasteiger partial charge in [-0.3, -0.25) is 19.1 Å². The van der Waals surface area contributed by atoms with Gasteiger partial charge in [0.25, 0.3) is 6.01 Å². The highest BCUT2D eigenvalue weighted by Crippen LogP contribution is 2.41. The summed E-state index contributed by atoms with van der Waals surface area (Å²) in [5.41, 5.74) is 5.54. The van der Waals surface area contributed by atoms with Crippen molar-refractivity contribution in [2.24, 2.45) is 10.9 Å². The van der Waals surface area contributed by atoms with Crippen molar-refractivity contribution in [1.82, 2.24) is 40.3 Å². The van der Waals surface area contributed by atoms with Gasteiger partial charge in [0.1, 0.15) is 35.3 Å². The number of benzene rings is 2. The summed E-state index contributed by atoms with van der Waals surface area (Å²) in [5.74, 6) is 1.64. The fraction of sp³-hybridized carbons (Fsp3) is 0.372. The van der Waals surface area contributed by atoms with Gasteiger partial charge >= 0.3 is 0 Å². The van der Waals surface area contributed by atoms with Gasteiger partial charge in [-0.15, -0.1) is 21.5 Å². The molecule has 0 radical (unpaired) electrons. The number of H-pyrrole nitrogens is 1. The van der Waals surface area contributed by atoms with Gasteiger partial charge in [0.05, 0.1) is 40.5 Å². The summed E-state index contributed by atoms with van der Waals surface area (Å²) in [6.07, 6.45) is 1.63. The molecule has 0 saturated heterocycles. The number of nitrogens with zero attached hydrogens (tertiary/aromatic N) is 6.